The number of carbonyl (C=O) groups excluding carboxylic acids is 3. The Labute approximate surface area is 170 Å². The van der Waals surface area contributed by atoms with Gasteiger partial charge in [-0.1, -0.05) is 18.2 Å². The van der Waals surface area contributed by atoms with Crippen LogP contribution < -0.4 is 0 Å². The number of Topliss-reactive ketones (excluding diaryl/α,β-unsaturated/α-hetero) is 1. The summed E-state index contributed by atoms with van der Waals surface area (Å²) in [7, 11) is 4.19. The van der Waals surface area contributed by atoms with Crippen LogP contribution >= 0.6 is 0 Å². The summed E-state index contributed by atoms with van der Waals surface area (Å²) in [5.74, 6) is -1.39. The minimum Gasteiger partial charge on any atom is -0.771 e. The van der Waals surface area contributed by atoms with Gasteiger partial charge in [-0.3, -0.25) is 28.8 Å². The third-order valence-corrected chi connectivity index (χ3v) is 5.02. The summed E-state index contributed by atoms with van der Waals surface area (Å²) < 4.78 is 26.7. The Morgan fingerprint density at radius 2 is 1.86 bits per heavy atom. The molecule has 29 heavy (non-hydrogen) atoms. The number of nitrogens with zero attached hydrogens (tertiary/aromatic N) is 3. The van der Waals surface area contributed by atoms with Gasteiger partial charge in [0.2, 0.25) is 5.91 Å². The van der Waals surface area contributed by atoms with Crippen molar-refractivity contribution in [2.24, 2.45) is 5.92 Å². The van der Waals surface area contributed by atoms with E-state index >= 15 is 0 Å². The van der Waals surface area contributed by atoms with E-state index in [1.807, 2.05) is 0 Å². The van der Waals surface area contributed by atoms with Gasteiger partial charge < -0.3 is 14.2 Å². The highest BCUT2D eigenvalue weighted by Gasteiger charge is 2.40. The van der Waals surface area contributed by atoms with Crippen molar-refractivity contribution in [3.8, 4) is 0 Å². The zero-order chi connectivity index (χ0) is 22.1. The first-order valence-corrected chi connectivity index (χ1v) is 9.57. The summed E-state index contributed by atoms with van der Waals surface area (Å²) in [4.78, 5) is 46.8. The number of likely N-dealkylation sites (tertiary alicyclic amines) is 1. The van der Waals surface area contributed by atoms with Gasteiger partial charge in [0.15, 0.2) is 0 Å². The zero-order valence-corrected chi connectivity index (χ0v) is 17.0. The predicted molar refractivity (Wildman–Crippen MR) is 101 cm³/mol. The normalized spacial score (nSPS) is 18.8. The molecule has 0 aromatic heterocycles. The largest absolute Gasteiger partial charge is 0.771 e. The van der Waals surface area contributed by atoms with Crippen molar-refractivity contribution in [3.05, 3.63) is 40.4 Å². The minimum absolute atomic E-state index is 0.00917. The van der Waals surface area contributed by atoms with E-state index < -0.39 is 33.4 Å². The van der Waals surface area contributed by atoms with Crippen LogP contribution in [0.15, 0.2) is 30.3 Å². The molecular formula is C17H22N3O8S-. The van der Waals surface area contributed by atoms with E-state index in [1.54, 1.807) is 18.2 Å². The van der Waals surface area contributed by atoms with Gasteiger partial charge in [-0.25, -0.2) is 4.79 Å². The fraction of sp³-hybridized carbons (Fsp3) is 0.471. The van der Waals surface area contributed by atoms with Crippen LogP contribution in [0.3, 0.4) is 0 Å². The summed E-state index contributed by atoms with van der Waals surface area (Å²) in [6.07, 6.45) is -1.11. The molecule has 1 saturated heterocycles. The maximum absolute atomic E-state index is 12.0. The fourth-order valence-corrected chi connectivity index (χ4v) is 3.30. The molecule has 0 aliphatic carbocycles. The second-order valence-corrected chi connectivity index (χ2v) is 7.36. The number of carbonyl (C=O) groups is 3. The number of para-hydroxylation sites is 1. The Bertz CT molecular complexity index is 771. The van der Waals surface area contributed by atoms with Crippen molar-refractivity contribution in [1.82, 2.24) is 9.80 Å². The molecule has 0 bridgehead atoms. The molecule has 160 valence electrons. The first-order valence-electron chi connectivity index (χ1n) is 8.43. The molecule has 1 fully saturated rings. The number of non-ortho nitro benzene ring substituents is 1. The number of methoxy groups -OCH3 is 1. The number of nitro benzene ring substituents is 1. The van der Waals surface area contributed by atoms with Crippen LogP contribution in [0, 0.1) is 16.0 Å². The Morgan fingerprint density at radius 3 is 2.28 bits per heavy atom. The van der Waals surface area contributed by atoms with E-state index in [4.69, 9.17) is 0 Å². The third kappa shape index (κ3) is 7.23. The monoisotopic (exact) mass is 428 g/mol. The van der Waals surface area contributed by atoms with Crippen LogP contribution in [0.1, 0.15) is 12.8 Å². The SMILES string of the molecule is COC(=O)N1C[C@@H](C(=O)CC(=O)N(C)C)C[C@@H]1S(=O)[O-].O=[N+]([O-])c1ccccc1. The molecule has 1 aliphatic rings. The number of ketones is 1. The van der Waals surface area contributed by atoms with Crippen molar-refractivity contribution < 1.29 is 32.8 Å². The van der Waals surface area contributed by atoms with Crippen LogP contribution in [-0.4, -0.2) is 74.4 Å². The zero-order valence-electron chi connectivity index (χ0n) is 16.2. The van der Waals surface area contributed by atoms with Gasteiger partial charge in [-0.05, 0) is 17.5 Å². The van der Waals surface area contributed by atoms with Gasteiger partial charge in [-0.2, -0.15) is 0 Å². The van der Waals surface area contributed by atoms with E-state index in [0.29, 0.717) is 0 Å². The van der Waals surface area contributed by atoms with Crippen LogP contribution in [-0.2, 0) is 25.4 Å². The number of rotatable bonds is 5. The maximum atomic E-state index is 12.0. The average molecular weight is 428 g/mol. The first-order chi connectivity index (χ1) is 13.6. The number of ether oxygens (including phenoxy) is 1. The maximum Gasteiger partial charge on any atom is 0.410 e. The molecule has 1 heterocycles. The number of amides is 2. The van der Waals surface area contributed by atoms with Gasteiger partial charge in [-0.15, -0.1) is 0 Å². The Balaban J connectivity index is 0.000000387. The molecule has 0 saturated carbocycles. The van der Waals surface area contributed by atoms with E-state index in [0.717, 1.165) is 12.0 Å². The average Bonchev–Trinajstić information content (AvgIpc) is 3.14. The smallest absolute Gasteiger partial charge is 0.410 e. The Hall–Kier alpha value is -2.86. The molecular weight excluding hydrogens is 406 g/mol. The van der Waals surface area contributed by atoms with Crippen molar-refractivity contribution in [1.29, 1.82) is 0 Å². The lowest BCUT2D eigenvalue weighted by Crippen LogP contribution is -2.38. The lowest BCUT2D eigenvalue weighted by molar-refractivity contribution is -0.384. The number of hydrogen-bond acceptors (Lipinski definition) is 8. The van der Waals surface area contributed by atoms with Crippen LogP contribution in [0.5, 0.6) is 0 Å². The van der Waals surface area contributed by atoms with Gasteiger partial charge in [0.05, 0.1) is 23.8 Å². The van der Waals surface area contributed by atoms with Crippen molar-refractivity contribution >= 4 is 34.6 Å². The predicted octanol–water partition coefficient (Wildman–Crippen LogP) is 0.922. The van der Waals surface area contributed by atoms with Crippen molar-refractivity contribution in [2.75, 3.05) is 27.7 Å². The third-order valence-electron chi connectivity index (χ3n) is 4.13. The molecule has 1 aliphatic heterocycles. The van der Waals surface area contributed by atoms with Crippen LogP contribution in [0.25, 0.3) is 0 Å². The minimum atomic E-state index is -2.52. The van der Waals surface area contributed by atoms with Gasteiger partial charge in [0, 0.05) is 38.7 Å². The summed E-state index contributed by atoms with van der Waals surface area (Å²) in [5.41, 5.74) is 0.137. The second-order valence-electron chi connectivity index (χ2n) is 6.29. The topological polar surface area (TPSA) is 150 Å². The van der Waals surface area contributed by atoms with Crippen molar-refractivity contribution in [3.63, 3.8) is 0 Å². The molecule has 3 atom stereocenters. The van der Waals surface area contributed by atoms with Crippen LogP contribution in [0.4, 0.5) is 10.5 Å². The molecule has 0 N–H and O–H groups in total. The molecule has 1 unspecified atom stereocenters. The van der Waals surface area contributed by atoms with E-state index in [9.17, 15) is 33.3 Å². The number of benzene rings is 1. The molecule has 2 amide bonds. The lowest BCUT2D eigenvalue weighted by atomic mass is 10.0. The lowest BCUT2D eigenvalue weighted by Gasteiger charge is -2.24. The number of hydrogen-bond donors (Lipinski definition) is 0. The van der Waals surface area contributed by atoms with Crippen LogP contribution in [0.2, 0.25) is 0 Å². The first kappa shape index (κ1) is 24.2. The van der Waals surface area contributed by atoms with Gasteiger partial charge >= 0.3 is 6.09 Å². The fourth-order valence-electron chi connectivity index (χ4n) is 2.53. The summed E-state index contributed by atoms with van der Waals surface area (Å²) >= 11 is -2.52. The van der Waals surface area contributed by atoms with Gasteiger partial charge in [0.1, 0.15) is 5.78 Å². The Morgan fingerprint density at radius 1 is 1.28 bits per heavy atom. The molecule has 12 heteroatoms. The molecule has 1 aromatic carbocycles. The second kappa shape index (κ2) is 11.2. The standard InChI is InChI=1S/C11H18N2O6S.C6H5NO2/c1-12(2)9(15)5-8(14)7-4-10(20(17)18)13(6-7)11(16)19-3;8-7(9)6-4-2-1-3-5-6/h7,10H,4-6H2,1-3H3,(H,17,18);1-5H/p-1/t7-,10-;/m0./s1. The quantitative estimate of drug-likeness (QED) is 0.291. The summed E-state index contributed by atoms with van der Waals surface area (Å²) in [5, 5.41) is 8.91. The highest BCUT2D eigenvalue weighted by atomic mass is 32.2. The van der Waals surface area contributed by atoms with E-state index in [1.165, 1.54) is 31.1 Å². The molecule has 0 spiro atoms. The summed E-state index contributed by atoms with van der Waals surface area (Å²) in [6.45, 7) is -0.0507. The summed E-state index contributed by atoms with van der Waals surface area (Å²) in [6, 6.07) is 7.93. The molecule has 11 nitrogen and oxygen atoms in total. The van der Waals surface area contributed by atoms with E-state index in [-0.39, 0.29) is 36.8 Å². The van der Waals surface area contributed by atoms with Crippen molar-refractivity contribution in [2.45, 2.75) is 18.2 Å². The molecule has 1 aromatic rings. The molecule has 0 radical (unpaired) electrons. The highest BCUT2D eigenvalue weighted by Crippen LogP contribution is 2.27. The number of nitro groups is 1. The Kier molecular flexibility index (Phi) is 9.35. The highest BCUT2D eigenvalue weighted by molar-refractivity contribution is 7.79. The van der Waals surface area contributed by atoms with E-state index in [2.05, 4.69) is 4.74 Å². The van der Waals surface area contributed by atoms with Gasteiger partial charge in [0.25, 0.3) is 5.69 Å². The molecule has 2 rings (SSSR count).